The molecule has 1 unspecified atom stereocenters. The van der Waals surface area contributed by atoms with Crippen LogP contribution in [0.1, 0.15) is 23.2 Å². The number of halogens is 1. The summed E-state index contributed by atoms with van der Waals surface area (Å²) in [5.74, 6) is 0.808. The predicted octanol–water partition coefficient (Wildman–Crippen LogP) is 1.55. The van der Waals surface area contributed by atoms with E-state index in [4.69, 9.17) is 21.1 Å². The van der Waals surface area contributed by atoms with Gasteiger partial charge < -0.3 is 29.3 Å². The normalized spacial score (nSPS) is 28.9. The average Bonchev–Trinajstić information content (AvgIpc) is 3.31. The van der Waals surface area contributed by atoms with Crippen LogP contribution in [-0.2, 0) is 4.74 Å². The molecular formula is C19H23ClN4O5. The van der Waals surface area contributed by atoms with Crippen molar-refractivity contribution in [3.05, 3.63) is 16.8 Å². The summed E-state index contributed by atoms with van der Waals surface area (Å²) in [6, 6.07) is 1.25. The molecule has 9 nitrogen and oxygen atoms in total. The number of carbonyl (C=O) groups is 2. The monoisotopic (exact) mass is 422 g/mol. The van der Waals surface area contributed by atoms with Gasteiger partial charge in [0.25, 0.3) is 5.91 Å². The van der Waals surface area contributed by atoms with Gasteiger partial charge in [-0.05, 0) is 12.8 Å². The molecular weight excluding hydrogens is 400 g/mol. The van der Waals surface area contributed by atoms with Crippen molar-refractivity contribution in [2.24, 2.45) is 5.41 Å². The SMILES string of the molecule is O=C(O)N1CCN2C(=O)c3c(cc(Cl)nc3N3CCC4(CCOC4)C3)OC[C@H]2C1. The molecule has 3 saturated heterocycles. The number of anilines is 1. The van der Waals surface area contributed by atoms with Crippen molar-refractivity contribution in [3.8, 4) is 5.75 Å². The van der Waals surface area contributed by atoms with Gasteiger partial charge in [0.1, 0.15) is 28.9 Å². The van der Waals surface area contributed by atoms with E-state index in [-0.39, 0.29) is 42.2 Å². The largest absolute Gasteiger partial charge is 0.490 e. The van der Waals surface area contributed by atoms with Crippen molar-refractivity contribution in [1.29, 1.82) is 0 Å². The van der Waals surface area contributed by atoms with Crippen molar-refractivity contribution in [2.45, 2.75) is 18.9 Å². The number of aromatic nitrogens is 1. The zero-order chi connectivity index (χ0) is 20.2. The molecule has 10 heteroatoms. The van der Waals surface area contributed by atoms with Gasteiger partial charge >= 0.3 is 6.09 Å². The van der Waals surface area contributed by atoms with Gasteiger partial charge in [-0.1, -0.05) is 11.6 Å². The van der Waals surface area contributed by atoms with E-state index in [1.165, 1.54) is 4.90 Å². The van der Waals surface area contributed by atoms with Crippen LogP contribution in [0.5, 0.6) is 5.75 Å². The summed E-state index contributed by atoms with van der Waals surface area (Å²) in [7, 11) is 0. The summed E-state index contributed by atoms with van der Waals surface area (Å²) in [4.78, 5) is 34.5. The van der Waals surface area contributed by atoms with Crippen LogP contribution < -0.4 is 9.64 Å². The smallest absolute Gasteiger partial charge is 0.407 e. The summed E-state index contributed by atoms with van der Waals surface area (Å²) in [5, 5.41) is 9.58. The van der Waals surface area contributed by atoms with Gasteiger partial charge in [0.15, 0.2) is 0 Å². The number of piperazine rings is 1. The molecule has 4 aliphatic heterocycles. The highest BCUT2D eigenvalue weighted by atomic mass is 35.5. The first-order valence-corrected chi connectivity index (χ1v) is 10.3. The molecule has 0 aromatic carbocycles. The van der Waals surface area contributed by atoms with Crippen LogP contribution in [0.2, 0.25) is 5.15 Å². The van der Waals surface area contributed by atoms with Gasteiger partial charge in [0.2, 0.25) is 0 Å². The first-order valence-electron chi connectivity index (χ1n) is 9.91. The number of ether oxygens (including phenoxy) is 2. The fourth-order valence-electron chi connectivity index (χ4n) is 4.88. The van der Waals surface area contributed by atoms with E-state index < -0.39 is 6.09 Å². The predicted molar refractivity (Wildman–Crippen MR) is 104 cm³/mol. The molecule has 1 aromatic rings. The highest BCUT2D eigenvalue weighted by Crippen LogP contribution is 2.43. The van der Waals surface area contributed by atoms with Gasteiger partial charge in [-0.2, -0.15) is 0 Å². The molecule has 0 aliphatic carbocycles. The van der Waals surface area contributed by atoms with E-state index in [0.717, 1.165) is 39.1 Å². The van der Waals surface area contributed by atoms with E-state index in [0.29, 0.717) is 23.7 Å². The molecule has 5 heterocycles. The third-order valence-electron chi connectivity index (χ3n) is 6.51. The van der Waals surface area contributed by atoms with Crippen LogP contribution in [0.25, 0.3) is 0 Å². The molecule has 5 rings (SSSR count). The topological polar surface area (TPSA) is 95.4 Å². The lowest BCUT2D eigenvalue weighted by Gasteiger charge is -2.38. The van der Waals surface area contributed by atoms with Crippen LogP contribution in [0, 0.1) is 5.41 Å². The Kier molecular flexibility index (Phi) is 4.47. The van der Waals surface area contributed by atoms with Crippen molar-refractivity contribution < 1.29 is 24.2 Å². The van der Waals surface area contributed by atoms with E-state index >= 15 is 0 Å². The maximum Gasteiger partial charge on any atom is 0.407 e. The van der Waals surface area contributed by atoms with Crippen molar-refractivity contribution in [1.82, 2.24) is 14.8 Å². The Labute approximate surface area is 173 Å². The average molecular weight is 423 g/mol. The minimum Gasteiger partial charge on any atom is -0.490 e. The summed E-state index contributed by atoms with van der Waals surface area (Å²) in [5.41, 5.74) is 0.540. The van der Waals surface area contributed by atoms with Crippen LogP contribution in [0.15, 0.2) is 6.07 Å². The second-order valence-corrected chi connectivity index (χ2v) is 8.70. The molecule has 1 spiro atoms. The quantitative estimate of drug-likeness (QED) is 0.686. The minimum absolute atomic E-state index is 0.112. The van der Waals surface area contributed by atoms with Crippen LogP contribution in [-0.4, -0.2) is 90.5 Å². The minimum atomic E-state index is -0.981. The van der Waals surface area contributed by atoms with Crippen molar-refractivity contribution in [3.63, 3.8) is 0 Å². The summed E-state index contributed by atoms with van der Waals surface area (Å²) in [6.07, 6.45) is 1.02. The highest BCUT2D eigenvalue weighted by Gasteiger charge is 2.44. The number of nitrogens with zero attached hydrogens (tertiary/aromatic N) is 4. The van der Waals surface area contributed by atoms with E-state index in [1.807, 2.05) is 0 Å². The standard InChI is InChI=1S/C19H23ClN4O5/c20-14-7-13-15(16(21-14)23-3-1-19(10-23)2-6-28-11-19)17(25)24-5-4-22(18(26)27)8-12(24)9-29-13/h7,12H,1-6,8-11H2,(H,26,27)/t12-,19?/m1/s1. The van der Waals surface area contributed by atoms with Crippen LogP contribution >= 0.6 is 11.6 Å². The number of hydrogen-bond acceptors (Lipinski definition) is 6. The van der Waals surface area contributed by atoms with Crippen molar-refractivity contribution >= 4 is 29.4 Å². The second-order valence-electron chi connectivity index (χ2n) is 8.31. The fourth-order valence-corrected chi connectivity index (χ4v) is 5.06. The zero-order valence-corrected chi connectivity index (χ0v) is 16.7. The Hall–Kier alpha value is -2.26. The summed E-state index contributed by atoms with van der Waals surface area (Å²) in [6.45, 7) is 4.13. The molecule has 0 radical (unpaired) electrons. The first-order chi connectivity index (χ1) is 14.0. The number of carbonyl (C=O) groups excluding carboxylic acids is 1. The lowest BCUT2D eigenvalue weighted by molar-refractivity contribution is 0.0390. The Morgan fingerprint density at radius 2 is 2.17 bits per heavy atom. The molecule has 29 heavy (non-hydrogen) atoms. The van der Waals surface area contributed by atoms with Gasteiger partial charge in [0.05, 0.1) is 12.6 Å². The second kappa shape index (κ2) is 6.91. The maximum atomic E-state index is 13.5. The molecule has 2 atom stereocenters. The van der Waals surface area contributed by atoms with E-state index in [2.05, 4.69) is 9.88 Å². The molecule has 2 amide bonds. The Morgan fingerprint density at radius 3 is 2.93 bits per heavy atom. The fraction of sp³-hybridized carbons (Fsp3) is 0.632. The zero-order valence-electron chi connectivity index (χ0n) is 16.0. The van der Waals surface area contributed by atoms with Gasteiger partial charge in [-0.25, -0.2) is 9.78 Å². The van der Waals surface area contributed by atoms with Crippen LogP contribution in [0.4, 0.5) is 10.6 Å². The van der Waals surface area contributed by atoms with Gasteiger partial charge in [-0.15, -0.1) is 0 Å². The number of pyridine rings is 1. The lowest BCUT2D eigenvalue weighted by atomic mass is 9.87. The van der Waals surface area contributed by atoms with E-state index in [9.17, 15) is 14.7 Å². The summed E-state index contributed by atoms with van der Waals surface area (Å²) < 4.78 is 11.6. The molecule has 0 saturated carbocycles. The van der Waals surface area contributed by atoms with Gasteiger partial charge in [0, 0.05) is 50.8 Å². The number of amides is 2. The van der Waals surface area contributed by atoms with E-state index in [1.54, 1.807) is 11.0 Å². The highest BCUT2D eigenvalue weighted by molar-refractivity contribution is 6.30. The maximum absolute atomic E-state index is 13.5. The van der Waals surface area contributed by atoms with Crippen molar-refractivity contribution in [2.75, 3.05) is 57.4 Å². The summed E-state index contributed by atoms with van der Waals surface area (Å²) >= 11 is 6.28. The number of carboxylic acid groups (broad SMARTS) is 1. The number of rotatable bonds is 1. The first kappa shape index (κ1) is 18.7. The molecule has 3 fully saturated rings. The van der Waals surface area contributed by atoms with Crippen LogP contribution in [0.3, 0.4) is 0 Å². The Bertz CT molecular complexity index is 859. The Morgan fingerprint density at radius 1 is 1.31 bits per heavy atom. The molecule has 1 aromatic heterocycles. The molecule has 156 valence electrons. The lowest BCUT2D eigenvalue weighted by Crippen LogP contribution is -2.57. The van der Waals surface area contributed by atoms with Gasteiger partial charge in [-0.3, -0.25) is 4.79 Å². The number of hydrogen-bond donors (Lipinski definition) is 1. The Balaban J connectivity index is 1.48. The third kappa shape index (κ3) is 3.16. The molecule has 4 aliphatic rings. The molecule has 1 N–H and O–H groups in total. The molecule has 0 bridgehead atoms. The number of fused-ring (bicyclic) bond motifs is 2. The third-order valence-corrected chi connectivity index (χ3v) is 6.71.